The van der Waals surface area contributed by atoms with E-state index in [9.17, 15) is 13.2 Å². The number of hydrogen-bond acceptors (Lipinski definition) is 3. The van der Waals surface area contributed by atoms with Crippen molar-refractivity contribution < 1.29 is 13.2 Å². The molecule has 3 rings (SSSR count). The average molecular weight is 394 g/mol. The number of amides is 1. The summed E-state index contributed by atoms with van der Waals surface area (Å²) < 4.78 is 27.5. The summed E-state index contributed by atoms with van der Waals surface area (Å²) in [5, 5.41) is 2.92. The summed E-state index contributed by atoms with van der Waals surface area (Å²) in [6, 6.07) is 18.5. The number of aryl methyl sites for hydroxylation is 3. The zero-order valence-corrected chi connectivity index (χ0v) is 16.8. The van der Waals surface area contributed by atoms with E-state index in [1.54, 1.807) is 24.3 Å². The van der Waals surface area contributed by atoms with Crippen LogP contribution in [0.25, 0.3) is 0 Å². The average Bonchev–Trinajstić information content (AvgIpc) is 2.65. The number of hydrogen-bond donors (Lipinski definition) is 2. The monoisotopic (exact) mass is 394 g/mol. The standard InChI is InChI=1S/C22H22N2O3S/c1-15-13-16(2)21(17(3)14-15)23-22(25)18-9-11-20(12-10-18)28(26,27)24-19-7-5-4-6-8-19/h4-14,24H,1-3H3,(H,23,25). The summed E-state index contributed by atoms with van der Waals surface area (Å²) in [4.78, 5) is 12.7. The largest absolute Gasteiger partial charge is 0.322 e. The highest BCUT2D eigenvalue weighted by atomic mass is 32.2. The Morgan fingerprint density at radius 2 is 1.39 bits per heavy atom. The van der Waals surface area contributed by atoms with Crippen molar-refractivity contribution >= 4 is 27.3 Å². The molecule has 0 saturated heterocycles. The zero-order valence-electron chi connectivity index (χ0n) is 16.0. The van der Waals surface area contributed by atoms with E-state index in [2.05, 4.69) is 10.0 Å². The van der Waals surface area contributed by atoms with E-state index in [0.29, 0.717) is 11.3 Å². The Labute approximate surface area is 165 Å². The molecule has 0 aromatic heterocycles. The SMILES string of the molecule is Cc1cc(C)c(NC(=O)c2ccc(S(=O)(=O)Nc3ccccc3)cc2)c(C)c1. The highest BCUT2D eigenvalue weighted by Gasteiger charge is 2.16. The Morgan fingerprint density at radius 3 is 1.96 bits per heavy atom. The second kappa shape index (κ2) is 7.86. The van der Waals surface area contributed by atoms with Gasteiger partial charge in [-0.25, -0.2) is 8.42 Å². The smallest absolute Gasteiger partial charge is 0.261 e. The van der Waals surface area contributed by atoms with Gasteiger partial charge in [0.15, 0.2) is 0 Å². The number of benzene rings is 3. The van der Waals surface area contributed by atoms with E-state index in [1.807, 2.05) is 39.0 Å². The van der Waals surface area contributed by atoms with Gasteiger partial charge in [0.05, 0.1) is 4.90 Å². The lowest BCUT2D eigenvalue weighted by atomic mass is 10.0. The first kappa shape index (κ1) is 19.6. The van der Waals surface area contributed by atoms with Gasteiger partial charge < -0.3 is 5.32 Å². The van der Waals surface area contributed by atoms with Gasteiger partial charge in [0.1, 0.15) is 0 Å². The molecule has 0 aliphatic carbocycles. The minimum absolute atomic E-state index is 0.0931. The van der Waals surface area contributed by atoms with E-state index >= 15 is 0 Å². The third-order valence-electron chi connectivity index (χ3n) is 4.37. The molecule has 0 aliphatic heterocycles. The van der Waals surface area contributed by atoms with Gasteiger partial charge in [-0.05, 0) is 68.3 Å². The molecule has 0 fully saturated rings. The van der Waals surface area contributed by atoms with Gasteiger partial charge in [0.25, 0.3) is 15.9 Å². The maximum absolute atomic E-state index is 12.6. The molecule has 1 amide bonds. The molecular weight excluding hydrogens is 372 g/mol. The van der Waals surface area contributed by atoms with E-state index in [-0.39, 0.29) is 10.8 Å². The first-order chi connectivity index (χ1) is 13.3. The van der Waals surface area contributed by atoms with Crippen LogP contribution in [0.1, 0.15) is 27.0 Å². The molecule has 0 heterocycles. The molecule has 5 nitrogen and oxygen atoms in total. The van der Waals surface area contributed by atoms with Crippen molar-refractivity contribution in [3.63, 3.8) is 0 Å². The van der Waals surface area contributed by atoms with Gasteiger partial charge in [0.2, 0.25) is 0 Å². The van der Waals surface area contributed by atoms with Crippen molar-refractivity contribution in [2.24, 2.45) is 0 Å². The van der Waals surface area contributed by atoms with Crippen LogP contribution >= 0.6 is 0 Å². The number of rotatable bonds is 5. The fourth-order valence-corrected chi connectivity index (χ4v) is 4.13. The van der Waals surface area contributed by atoms with Gasteiger partial charge in [-0.3, -0.25) is 9.52 Å². The van der Waals surface area contributed by atoms with Crippen molar-refractivity contribution in [2.45, 2.75) is 25.7 Å². The molecule has 0 aliphatic rings. The van der Waals surface area contributed by atoms with Crippen LogP contribution in [-0.4, -0.2) is 14.3 Å². The Morgan fingerprint density at radius 1 is 0.821 bits per heavy atom. The third-order valence-corrected chi connectivity index (χ3v) is 5.77. The molecule has 2 N–H and O–H groups in total. The summed E-state index contributed by atoms with van der Waals surface area (Å²) in [6.07, 6.45) is 0. The molecule has 3 aromatic carbocycles. The number of nitrogens with one attached hydrogen (secondary N) is 2. The molecule has 0 spiro atoms. The normalized spacial score (nSPS) is 11.1. The highest BCUT2D eigenvalue weighted by Crippen LogP contribution is 2.23. The molecule has 144 valence electrons. The number of anilines is 2. The van der Waals surface area contributed by atoms with Crippen LogP contribution in [-0.2, 0) is 10.0 Å². The predicted octanol–water partition coefficient (Wildman–Crippen LogP) is 4.66. The second-order valence-electron chi connectivity index (χ2n) is 6.72. The molecular formula is C22H22N2O3S. The maximum Gasteiger partial charge on any atom is 0.261 e. The van der Waals surface area contributed by atoms with Crippen molar-refractivity contribution in [3.05, 3.63) is 89.0 Å². The fourth-order valence-electron chi connectivity index (χ4n) is 3.07. The summed E-state index contributed by atoms with van der Waals surface area (Å²) in [7, 11) is -3.71. The third kappa shape index (κ3) is 4.40. The second-order valence-corrected chi connectivity index (χ2v) is 8.41. The van der Waals surface area contributed by atoms with Crippen molar-refractivity contribution in [2.75, 3.05) is 10.0 Å². The lowest BCUT2D eigenvalue weighted by Gasteiger charge is -2.13. The molecule has 3 aromatic rings. The zero-order chi connectivity index (χ0) is 20.3. The first-order valence-electron chi connectivity index (χ1n) is 8.83. The Hall–Kier alpha value is -3.12. The van der Waals surface area contributed by atoms with Crippen molar-refractivity contribution in [3.8, 4) is 0 Å². The minimum Gasteiger partial charge on any atom is -0.322 e. The minimum atomic E-state index is -3.71. The number of carbonyl (C=O) groups is 1. The summed E-state index contributed by atoms with van der Waals surface area (Å²) in [6.45, 7) is 5.90. The molecule has 0 atom stereocenters. The molecule has 0 saturated carbocycles. The van der Waals surface area contributed by atoms with E-state index < -0.39 is 10.0 Å². The van der Waals surface area contributed by atoms with Gasteiger partial charge >= 0.3 is 0 Å². The Kier molecular flexibility index (Phi) is 5.51. The van der Waals surface area contributed by atoms with E-state index in [0.717, 1.165) is 22.4 Å². The topological polar surface area (TPSA) is 75.3 Å². The van der Waals surface area contributed by atoms with Crippen LogP contribution in [0.3, 0.4) is 0 Å². The highest BCUT2D eigenvalue weighted by molar-refractivity contribution is 7.92. The van der Waals surface area contributed by atoms with Gasteiger partial charge in [-0.15, -0.1) is 0 Å². The van der Waals surface area contributed by atoms with Crippen LogP contribution < -0.4 is 10.0 Å². The van der Waals surface area contributed by atoms with Crippen LogP contribution in [0, 0.1) is 20.8 Å². The molecule has 0 radical (unpaired) electrons. The van der Waals surface area contributed by atoms with Gasteiger partial charge in [-0.2, -0.15) is 0 Å². The summed E-state index contributed by atoms with van der Waals surface area (Å²) in [5.41, 5.74) is 4.74. The molecule has 6 heteroatoms. The Bertz CT molecular complexity index is 1080. The Balaban J connectivity index is 1.78. The van der Waals surface area contributed by atoms with Crippen LogP contribution in [0.2, 0.25) is 0 Å². The number of para-hydroxylation sites is 1. The van der Waals surface area contributed by atoms with Crippen LogP contribution in [0.5, 0.6) is 0 Å². The van der Waals surface area contributed by atoms with E-state index in [4.69, 9.17) is 0 Å². The quantitative estimate of drug-likeness (QED) is 0.661. The maximum atomic E-state index is 12.6. The number of sulfonamides is 1. The fraction of sp³-hybridized carbons (Fsp3) is 0.136. The molecule has 28 heavy (non-hydrogen) atoms. The van der Waals surface area contributed by atoms with Gasteiger partial charge in [-0.1, -0.05) is 35.9 Å². The van der Waals surface area contributed by atoms with E-state index in [1.165, 1.54) is 24.3 Å². The van der Waals surface area contributed by atoms with Crippen LogP contribution in [0.4, 0.5) is 11.4 Å². The van der Waals surface area contributed by atoms with Gasteiger partial charge in [0, 0.05) is 16.9 Å². The van der Waals surface area contributed by atoms with Crippen molar-refractivity contribution in [1.29, 1.82) is 0 Å². The summed E-state index contributed by atoms with van der Waals surface area (Å²) >= 11 is 0. The number of carbonyl (C=O) groups excluding carboxylic acids is 1. The van der Waals surface area contributed by atoms with Crippen LogP contribution in [0.15, 0.2) is 71.6 Å². The summed E-state index contributed by atoms with van der Waals surface area (Å²) in [5.74, 6) is -0.282. The molecule has 0 unspecified atom stereocenters. The lowest BCUT2D eigenvalue weighted by Crippen LogP contribution is -2.15. The first-order valence-corrected chi connectivity index (χ1v) is 10.3. The molecule has 0 bridgehead atoms. The van der Waals surface area contributed by atoms with Crippen molar-refractivity contribution in [1.82, 2.24) is 0 Å². The predicted molar refractivity (Wildman–Crippen MR) is 112 cm³/mol. The lowest BCUT2D eigenvalue weighted by molar-refractivity contribution is 0.102.